The number of halogens is 1. The van der Waals surface area contributed by atoms with Crippen LogP contribution in [-0.2, 0) is 17.9 Å². The molecule has 4 rings (SSSR count). The summed E-state index contributed by atoms with van der Waals surface area (Å²) in [5.41, 5.74) is 1.40. The molecule has 9 heteroatoms. The molecule has 0 unspecified atom stereocenters. The molecule has 26 heavy (non-hydrogen) atoms. The standard InChI is InChI=1S/C17H12BrN3O5/c18-12-1-2-15-14(5-12)17(22)20(8-19-15)6-10-3-13(21(23)24)4-11-7-25-9-26-16(10)11/h1-5,8H,6-7,9H2. The van der Waals surface area contributed by atoms with Crippen LogP contribution in [0.4, 0.5) is 5.69 Å². The minimum Gasteiger partial charge on any atom is -0.467 e. The summed E-state index contributed by atoms with van der Waals surface area (Å²) in [6.07, 6.45) is 1.43. The van der Waals surface area contributed by atoms with Gasteiger partial charge in [-0.2, -0.15) is 0 Å². The van der Waals surface area contributed by atoms with Crippen molar-refractivity contribution in [1.29, 1.82) is 0 Å². The highest BCUT2D eigenvalue weighted by atomic mass is 79.9. The molecule has 0 fully saturated rings. The molecule has 0 N–H and O–H groups in total. The molecule has 3 aromatic rings. The lowest BCUT2D eigenvalue weighted by Crippen LogP contribution is -2.22. The van der Waals surface area contributed by atoms with Crippen molar-refractivity contribution in [3.05, 3.63) is 72.7 Å². The Morgan fingerprint density at radius 3 is 2.96 bits per heavy atom. The van der Waals surface area contributed by atoms with Crippen molar-refractivity contribution in [3.8, 4) is 5.75 Å². The van der Waals surface area contributed by atoms with Crippen molar-refractivity contribution in [2.24, 2.45) is 0 Å². The fourth-order valence-corrected chi connectivity index (χ4v) is 3.29. The predicted molar refractivity (Wildman–Crippen MR) is 96.2 cm³/mol. The molecule has 0 atom stereocenters. The summed E-state index contributed by atoms with van der Waals surface area (Å²) in [6, 6.07) is 8.11. The van der Waals surface area contributed by atoms with Gasteiger partial charge in [0.1, 0.15) is 5.75 Å². The van der Waals surface area contributed by atoms with E-state index in [4.69, 9.17) is 9.47 Å². The summed E-state index contributed by atoms with van der Waals surface area (Å²) in [5.74, 6) is 0.517. The molecule has 2 aromatic carbocycles. The molecule has 1 aromatic heterocycles. The van der Waals surface area contributed by atoms with Crippen LogP contribution in [0.3, 0.4) is 0 Å². The Morgan fingerprint density at radius 2 is 2.15 bits per heavy atom. The van der Waals surface area contributed by atoms with Crippen LogP contribution in [0, 0.1) is 10.1 Å². The van der Waals surface area contributed by atoms with Crippen LogP contribution in [0.2, 0.25) is 0 Å². The molecular weight excluding hydrogens is 406 g/mol. The van der Waals surface area contributed by atoms with Crippen LogP contribution in [0.5, 0.6) is 5.75 Å². The van der Waals surface area contributed by atoms with E-state index < -0.39 is 4.92 Å². The van der Waals surface area contributed by atoms with Gasteiger partial charge in [-0.1, -0.05) is 15.9 Å². The molecule has 1 aliphatic rings. The summed E-state index contributed by atoms with van der Waals surface area (Å²) < 4.78 is 12.9. The number of hydrogen-bond donors (Lipinski definition) is 0. The van der Waals surface area contributed by atoms with Crippen molar-refractivity contribution in [2.75, 3.05) is 6.79 Å². The number of hydrogen-bond acceptors (Lipinski definition) is 6. The largest absolute Gasteiger partial charge is 0.467 e. The number of nitro benzene ring substituents is 1. The number of rotatable bonds is 3. The Balaban J connectivity index is 1.83. The van der Waals surface area contributed by atoms with Crippen molar-refractivity contribution in [3.63, 3.8) is 0 Å². The third kappa shape index (κ3) is 2.95. The van der Waals surface area contributed by atoms with Gasteiger partial charge in [-0.3, -0.25) is 19.5 Å². The second kappa shape index (κ2) is 6.50. The number of aromatic nitrogens is 2. The number of nitro groups is 1. The van der Waals surface area contributed by atoms with Crippen molar-refractivity contribution in [2.45, 2.75) is 13.2 Å². The lowest BCUT2D eigenvalue weighted by atomic mass is 10.1. The van der Waals surface area contributed by atoms with Gasteiger partial charge in [-0.15, -0.1) is 0 Å². The minimum absolute atomic E-state index is 0.0651. The number of benzene rings is 2. The van der Waals surface area contributed by atoms with Crippen LogP contribution in [0.1, 0.15) is 11.1 Å². The van der Waals surface area contributed by atoms with E-state index in [0.29, 0.717) is 27.8 Å². The van der Waals surface area contributed by atoms with Crippen LogP contribution < -0.4 is 10.3 Å². The fraction of sp³-hybridized carbons (Fsp3) is 0.176. The van der Waals surface area contributed by atoms with E-state index in [2.05, 4.69) is 20.9 Å². The first-order valence-electron chi connectivity index (χ1n) is 7.68. The van der Waals surface area contributed by atoms with E-state index in [1.54, 1.807) is 12.1 Å². The molecular formula is C17H12BrN3O5. The first-order chi connectivity index (χ1) is 12.5. The maximum absolute atomic E-state index is 12.8. The molecule has 0 spiro atoms. The third-order valence-electron chi connectivity index (χ3n) is 4.11. The van der Waals surface area contributed by atoms with Crippen LogP contribution in [-0.4, -0.2) is 21.3 Å². The number of fused-ring (bicyclic) bond motifs is 2. The fourth-order valence-electron chi connectivity index (χ4n) is 2.93. The zero-order chi connectivity index (χ0) is 18.3. The number of nitrogens with zero attached hydrogens (tertiary/aromatic N) is 3. The van der Waals surface area contributed by atoms with Gasteiger partial charge >= 0.3 is 0 Å². The Morgan fingerprint density at radius 1 is 1.31 bits per heavy atom. The smallest absolute Gasteiger partial charge is 0.270 e. The third-order valence-corrected chi connectivity index (χ3v) is 4.60. The van der Waals surface area contributed by atoms with E-state index in [1.807, 2.05) is 6.07 Å². The van der Waals surface area contributed by atoms with Gasteiger partial charge in [0.15, 0.2) is 6.79 Å². The summed E-state index contributed by atoms with van der Waals surface area (Å²) in [7, 11) is 0. The molecule has 0 radical (unpaired) electrons. The molecule has 8 nitrogen and oxygen atoms in total. The van der Waals surface area contributed by atoms with Gasteiger partial charge in [-0.25, -0.2) is 4.98 Å². The summed E-state index contributed by atoms with van der Waals surface area (Å²) >= 11 is 3.35. The summed E-state index contributed by atoms with van der Waals surface area (Å²) in [4.78, 5) is 27.8. The van der Waals surface area contributed by atoms with Gasteiger partial charge in [-0.05, 0) is 18.2 Å². The Labute approximate surface area is 155 Å². The highest BCUT2D eigenvalue weighted by Gasteiger charge is 2.21. The van der Waals surface area contributed by atoms with E-state index in [9.17, 15) is 14.9 Å². The first-order valence-corrected chi connectivity index (χ1v) is 8.47. The molecule has 2 heterocycles. The van der Waals surface area contributed by atoms with Crippen LogP contribution in [0.15, 0.2) is 45.9 Å². The lowest BCUT2D eigenvalue weighted by molar-refractivity contribution is -0.385. The molecule has 0 saturated carbocycles. The molecule has 0 aliphatic carbocycles. The molecule has 0 saturated heterocycles. The van der Waals surface area contributed by atoms with Gasteiger partial charge in [0.25, 0.3) is 11.2 Å². The maximum atomic E-state index is 12.8. The summed E-state index contributed by atoms with van der Waals surface area (Å²) in [5, 5.41) is 11.7. The Bertz CT molecular complexity index is 1100. The van der Waals surface area contributed by atoms with Crippen molar-refractivity contribution in [1.82, 2.24) is 9.55 Å². The van der Waals surface area contributed by atoms with E-state index in [1.165, 1.54) is 23.0 Å². The summed E-state index contributed by atoms with van der Waals surface area (Å²) in [6.45, 7) is 0.399. The van der Waals surface area contributed by atoms with E-state index in [-0.39, 0.29) is 31.2 Å². The zero-order valence-electron chi connectivity index (χ0n) is 13.3. The Hall–Kier alpha value is -2.78. The second-order valence-electron chi connectivity index (χ2n) is 5.80. The molecule has 1 aliphatic heterocycles. The normalized spacial score (nSPS) is 13.3. The van der Waals surface area contributed by atoms with E-state index in [0.717, 1.165) is 4.47 Å². The average Bonchev–Trinajstić information content (AvgIpc) is 2.64. The monoisotopic (exact) mass is 417 g/mol. The van der Waals surface area contributed by atoms with Crippen LogP contribution >= 0.6 is 15.9 Å². The van der Waals surface area contributed by atoms with Crippen molar-refractivity contribution >= 4 is 32.5 Å². The Kier molecular flexibility index (Phi) is 4.17. The van der Waals surface area contributed by atoms with Gasteiger partial charge in [0, 0.05) is 27.7 Å². The van der Waals surface area contributed by atoms with Gasteiger partial charge in [0.2, 0.25) is 0 Å². The number of ether oxygens (including phenoxy) is 2. The average molecular weight is 418 g/mol. The molecule has 132 valence electrons. The highest BCUT2D eigenvalue weighted by Crippen LogP contribution is 2.33. The topological polar surface area (TPSA) is 96.5 Å². The first kappa shape index (κ1) is 16.7. The van der Waals surface area contributed by atoms with Crippen molar-refractivity contribution < 1.29 is 14.4 Å². The minimum atomic E-state index is -0.475. The van der Waals surface area contributed by atoms with E-state index >= 15 is 0 Å². The number of non-ortho nitro benzene ring substituents is 1. The van der Waals surface area contributed by atoms with Gasteiger partial charge < -0.3 is 9.47 Å². The maximum Gasteiger partial charge on any atom is 0.270 e. The molecule has 0 amide bonds. The van der Waals surface area contributed by atoms with Crippen LogP contribution in [0.25, 0.3) is 10.9 Å². The zero-order valence-corrected chi connectivity index (χ0v) is 14.9. The van der Waals surface area contributed by atoms with Gasteiger partial charge in [0.05, 0.1) is 35.3 Å². The molecule has 0 bridgehead atoms. The highest BCUT2D eigenvalue weighted by molar-refractivity contribution is 9.10. The SMILES string of the molecule is O=c1c2cc(Br)ccc2ncn1Cc1cc([N+](=O)[O-])cc2c1OCOC2. The predicted octanol–water partition coefficient (Wildman–Crippen LogP) is 2.98. The lowest BCUT2D eigenvalue weighted by Gasteiger charge is -2.20. The quantitative estimate of drug-likeness (QED) is 0.479. The second-order valence-corrected chi connectivity index (χ2v) is 6.72.